The standard InChI is InChI=1S/C12H22BrN3O/c1-8-11(13)10(16(4)15-8)6-9(14)7-12(2,3)17-5/h9H,6-7,14H2,1-5H3. The van der Waals surface area contributed by atoms with E-state index in [2.05, 4.69) is 34.9 Å². The van der Waals surface area contributed by atoms with Crippen molar-refractivity contribution < 1.29 is 4.74 Å². The largest absolute Gasteiger partial charge is 0.379 e. The zero-order valence-electron chi connectivity index (χ0n) is 11.2. The number of hydrogen-bond acceptors (Lipinski definition) is 3. The minimum atomic E-state index is -0.181. The summed E-state index contributed by atoms with van der Waals surface area (Å²) in [6, 6.07) is 0.0658. The summed E-state index contributed by atoms with van der Waals surface area (Å²) >= 11 is 3.56. The predicted octanol–water partition coefficient (Wildman–Crippen LogP) is 2.18. The van der Waals surface area contributed by atoms with E-state index in [4.69, 9.17) is 10.5 Å². The van der Waals surface area contributed by atoms with E-state index < -0.39 is 0 Å². The van der Waals surface area contributed by atoms with Crippen LogP contribution in [0.5, 0.6) is 0 Å². The Balaban J connectivity index is 2.71. The van der Waals surface area contributed by atoms with Crippen LogP contribution in [0, 0.1) is 6.92 Å². The average molecular weight is 304 g/mol. The molecule has 1 heterocycles. The molecule has 0 amide bonds. The van der Waals surface area contributed by atoms with Gasteiger partial charge in [0.05, 0.1) is 21.5 Å². The van der Waals surface area contributed by atoms with E-state index >= 15 is 0 Å². The molecule has 0 saturated carbocycles. The third-order valence-electron chi connectivity index (χ3n) is 3.02. The Kier molecular flexibility index (Phi) is 4.75. The van der Waals surface area contributed by atoms with Crippen LogP contribution < -0.4 is 5.73 Å². The monoisotopic (exact) mass is 303 g/mol. The smallest absolute Gasteiger partial charge is 0.0738 e. The van der Waals surface area contributed by atoms with E-state index in [9.17, 15) is 0 Å². The van der Waals surface area contributed by atoms with Crippen molar-refractivity contribution in [3.63, 3.8) is 0 Å². The molecule has 0 bridgehead atoms. The van der Waals surface area contributed by atoms with E-state index in [1.165, 1.54) is 0 Å². The molecule has 0 aliphatic rings. The second kappa shape index (κ2) is 5.50. The summed E-state index contributed by atoms with van der Waals surface area (Å²) in [7, 11) is 3.66. The Bertz CT molecular complexity index is 387. The second-order valence-electron chi connectivity index (χ2n) is 5.10. The van der Waals surface area contributed by atoms with Crippen molar-refractivity contribution in [1.82, 2.24) is 9.78 Å². The van der Waals surface area contributed by atoms with Crippen LogP contribution >= 0.6 is 15.9 Å². The van der Waals surface area contributed by atoms with Crippen molar-refractivity contribution in [3.05, 3.63) is 15.9 Å². The lowest BCUT2D eigenvalue weighted by molar-refractivity contribution is 0.0101. The number of hydrogen-bond donors (Lipinski definition) is 1. The van der Waals surface area contributed by atoms with Gasteiger partial charge in [-0.1, -0.05) is 0 Å². The van der Waals surface area contributed by atoms with Gasteiger partial charge >= 0.3 is 0 Å². The summed E-state index contributed by atoms with van der Waals surface area (Å²) in [6.45, 7) is 6.09. The fourth-order valence-electron chi connectivity index (χ4n) is 1.94. The van der Waals surface area contributed by atoms with E-state index in [-0.39, 0.29) is 11.6 Å². The normalized spacial score (nSPS) is 14.1. The number of nitrogens with two attached hydrogens (primary N) is 1. The molecule has 1 aromatic rings. The van der Waals surface area contributed by atoms with Gasteiger partial charge in [-0.25, -0.2) is 0 Å². The molecule has 1 aromatic heterocycles. The van der Waals surface area contributed by atoms with Gasteiger partial charge in [-0.3, -0.25) is 4.68 Å². The average Bonchev–Trinajstić information content (AvgIpc) is 2.44. The molecular formula is C12H22BrN3O. The minimum absolute atomic E-state index is 0.0658. The van der Waals surface area contributed by atoms with Gasteiger partial charge in [0.1, 0.15) is 0 Å². The first-order valence-electron chi connectivity index (χ1n) is 5.75. The number of methoxy groups -OCH3 is 1. The predicted molar refractivity (Wildman–Crippen MR) is 73.0 cm³/mol. The minimum Gasteiger partial charge on any atom is -0.379 e. The Hall–Kier alpha value is -0.390. The fraction of sp³-hybridized carbons (Fsp3) is 0.750. The number of aromatic nitrogens is 2. The molecule has 4 nitrogen and oxygen atoms in total. The third-order valence-corrected chi connectivity index (χ3v) is 4.06. The van der Waals surface area contributed by atoms with Gasteiger partial charge in [-0.2, -0.15) is 5.10 Å². The van der Waals surface area contributed by atoms with Gasteiger partial charge in [-0.15, -0.1) is 0 Å². The quantitative estimate of drug-likeness (QED) is 0.907. The number of aryl methyl sites for hydroxylation is 2. The maximum absolute atomic E-state index is 6.17. The van der Waals surface area contributed by atoms with Crippen LogP contribution in [0.3, 0.4) is 0 Å². The Morgan fingerprint density at radius 1 is 1.53 bits per heavy atom. The Labute approximate surface area is 112 Å². The Morgan fingerprint density at radius 3 is 2.53 bits per heavy atom. The van der Waals surface area contributed by atoms with Crippen LogP contribution in [-0.4, -0.2) is 28.5 Å². The van der Waals surface area contributed by atoms with Crippen molar-refractivity contribution in [2.45, 2.75) is 45.3 Å². The highest BCUT2D eigenvalue weighted by atomic mass is 79.9. The summed E-state index contributed by atoms with van der Waals surface area (Å²) in [5.74, 6) is 0. The molecule has 0 aliphatic heterocycles. The van der Waals surface area contributed by atoms with Gasteiger partial charge < -0.3 is 10.5 Å². The van der Waals surface area contributed by atoms with Crippen LogP contribution in [0.1, 0.15) is 31.7 Å². The van der Waals surface area contributed by atoms with Gasteiger partial charge in [0, 0.05) is 26.6 Å². The molecule has 0 radical (unpaired) electrons. The SMILES string of the molecule is COC(C)(C)CC(N)Cc1c(Br)c(C)nn1C. The first-order chi connectivity index (χ1) is 7.76. The van der Waals surface area contributed by atoms with Crippen molar-refractivity contribution in [2.75, 3.05) is 7.11 Å². The topological polar surface area (TPSA) is 53.1 Å². The lowest BCUT2D eigenvalue weighted by atomic mass is 9.96. The van der Waals surface area contributed by atoms with E-state index in [0.29, 0.717) is 0 Å². The van der Waals surface area contributed by atoms with Crippen LogP contribution in [0.15, 0.2) is 4.47 Å². The molecule has 1 rings (SSSR count). The summed E-state index contributed by atoms with van der Waals surface area (Å²) in [5.41, 5.74) is 8.13. The van der Waals surface area contributed by atoms with E-state index in [0.717, 1.165) is 28.7 Å². The third kappa shape index (κ3) is 3.79. The van der Waals surface area contributed by atoms with Gasteiger partial charge in [-0.05, 0) is 43.1 Å². The molecule has 0 aliphatic carbocycles. The van der Waals surface area contributed by atoms with Gasteiger partial charge in [0.15, 0.2) is 0 Å². The van der Waals surface area contributed by atoms with Crippen molar-refractivity contribution >= 4 is 15.9 Å². The zero-order chi connectivity index (χ0) is 13.2. The molecule has 2 N–H and O–H groups in total. The molecule has 0 spiro atoms. The lowest BCUT2D eigenvalue weighted by Gasteiger charge is -2.26. The van der Waals surface area contributed by atoms with Crippen LogP contribution in [0.2, 0.25) is 0 Å². The van der Waals surface area contributed by atoms with Crippen LogP contribution in [0.25, 0.3) is 0 Å². The molecule has 0 fully saturated rings. The lowest BCUT2D eigenvalue weighted by Crippen LogP contribution is -2.35. The number of rotatable bonds is 5. The van der Waals surface area contributed by atoms with Gasteiger partial charge in [0.25, 0.3) is 0 Å². The first kappa shape index (κ1) is 14.7. The number of nitrogens with zero attached hydrogens (tertiary/aromatic N) is 2. The zero-order valence-corrected chi connectivity index (χ0v) is 12.8. The van der Waals surface area contributed by atoms with Crippen molar-refractivity contribution in [2.24, 2.45) is 12.8 Å². The highest BCUT2D eigenvalue weighted by Gasteiger charge is 2.22. The number of ether oxygens (including phenoxy) is 1. The molecule has 0 saturated heterocycles. The molecular weight excluding hydrogens is 282 g/mol. The van der Waals surface area contributed by atoms with E-state index in [1.807, 2.05) is 18.7 Å². The summed E-state index contributed by atoms with van der Waals surface area (Å²) < 4.78 is 8.35. The maximum Gasteiger partial charge on any atom is 0.0738 e. The second-order valence-corrected chi connectivity index (χ2v) is 5.89. The highest BCUT2D eigenvalue weighted by molar-refractivity contribution is 9.10. The summed E-state index contributed by atoms with van der Waals surface area (Å²) in [4.78, 5) is 0. The van der Waals surface area contributed by atoms with Crippen molar-refractivity contribution in [1.29, 1.82) is 0 Å². The van der Waals surface area contributed by atoms with Crippen LogP contribution in [-0.2, 0) is 18.2 Å². The molecule has 1 unspecified atom stereocenters. The summed E-state index contributed by atoms with van der Waals surface area (Å²) in [5, 5.41) is 4.36. The van der Waals surface area contributed by atoms with Crippen molar-refractivity contribution in [3.8, 4) is 0 Å². The molecule has 0 aromatic carbocycles. The molecule has 1 atom stereocenters. The maximum atomic E-state index is 6.17. The summed E-state index contributed by atoms with van der Waals surface area (Å²) in [6.07, 6.45) is 1.62. The van der Waals surface area contributed by atoms with E-state index in [1.54, 1.807) is 7.11 Å². The highest BCUT2D eigenvalue weighted by Crippen LogP contribution is 2.23. The molecule has 17 heavy (non-hydrogen) atoms. The van der Waals surface area contributed by atoms with Crippen LogP contribution in [0.4, 0.5) is 0 Å². The molecule has 98 valence electrons. The molecule has 5 heteroatoms. The Morgan fingerprint density at radius 2 is 2.12 bits per heavy atom. The van der Waals surface area contributed by atoms with Gasteiger partial charge in [0.2, 0.25) is 0 Å². The fourth-order valence-corrected chi connectivity index (χ4v) is 2.43. The first-order valence-corrected chi connectivity index (χ1v) is 6.55. The number of halogens is 1.